The van der Waals surface area contributed by atoms with E-state index >= 15 is 0 Å². The Morgan fingerprint density at radius 1 is 1.00 bits per heavy atom. The van der Waals surface area contributed by atoms with Crippen LogP contribution in [0.3, 0.4) is 0 Å². The molecule has 1 fully saturated rings. The van der Waals surface area contributed by atoms with Gasteiger partial charge in [-0.3, -0.25) is 0 Å². The van der Waals surface area contributed by atoms with Gasteiger partial charge in [-0.1, -0.05) is 20.3 Å². The maximum Gasteiger partial charge on any atom is 0.161 e. The van der Waals surface area contributed by atoms with E-state index in [1.54, 1.807) is 0 Å². The number of halogens is 1. The molecule has 1 saturated carbocycles. The summed E-state index contributed by atoms with van der Waals surface area (Å²) in [6.07, 6.45) is 5.95. The van der Waals surface area contributed by atoms with Crippen LogP contribution in [0.1, 0.15) is 68.2 Å². The van der Waals surface area contributed by atoms with Gasteiger partial charge in [0.25, 0.3) is 0 Å². The van der Waals surface area contributed by atoms with Crippen molar-refractivity contribution in [3.63, 3.8) is 0 Å². The van der Waals surface area contributed by atoms with E-state index in [0.717, 1.165) is 36.9 Å². The minimum atomic E-state index is 0.345. The van der Waals surface area contributed by atoms with E-state index in [0.29, 0.717) is 36.9 Å². The third-order valence-electron chi connectivity index (χ3n) is 5.48. The molecule has 0 N–H and O–H groups in total. The number of fused-ring (bicyclic) bond motifs is 3. The first-order valence-corrected chi connectivity index (χ1v) is 12.1. The Morgan fingerprint density at radius 2 is 1.70 bits per heavy atom. The highest BCUT2D eigenvalue weighted by molar-refractivity contribution is 7.99. The highest BCUT2D eigenvalue weighted by Gasteiger charge is 2.36. The SMILES string of the molecule is CCCOc1cc2c(cc1OCCC)C1CCCC1CSC2COCCCl. The summed E-state index contributed by atoms with van der Waals surface area (Å²) < 4.78 is 18.0. The second-order valence-electron chi connectivity index (χ2n) is 7.51. The second kappa shape index (κ2) is 10.8. The fraction of sp³-hybridized carbons (Fsp3) is 0.727. The highest BCUT2D eigenvalue weighted by Crippen LogP contribution is 2.52. The molecule has 0 spiro atoms. The van der Waals surface area contributed by atoms with Crippen LogP contribution in [0.5, 0.6) is 11.5 Å². The summed E-state index contributed by atoms with van der Waals surface area (Å²) in [7, 11) is 0. The van der Waals surface area contributed by atoms with Gasteiger partial charge in [0.2, 0.25) is 0 Å². The van der Waals surface area contributed by atoms with E-state index in [9.17, 15) is 0 Å². The molecule has 0 radical (unpaired) electrons. The zero-order valence-corrected chi connectivity index (χ0v) is 18.2. The van der Waals surface area contributed by atoms with E-state index < -0.39 is 0 Å². The molecule has 1 aliphatic heterocycles. The average Bonchev–Trinajstić information content (AvgIpc) is 3.10. The zero-order chi connectivity index (χ0) is 19.1. The zero-order valence-electron chi connectivity index (χ0n) is 16.7. The lowest BCUT2D eigenvalue weighted by atomic mass is 9.86. The summed E-state index contributed by atoms with van der Waals surface area (Å²) in [6.45, 7) is 7.05. The minimum Gasteiger partial charge on any atom is -0.490 e. The number of rotatable bonds is 10. The van der Waals surface area contributed by atoms with Crippen molar-refractivity contribution < 1.29 is 14.2 Å². The number of ether oxygens (including phenoxy) is 3. The molecule has 3 unspecified atom stereocenters. The van der Waals surface area contributed by atoms with Crippen molar-refractivity contribution in [1.82, 2.24) is 0 Å². The van der Waals surface area contributed by atoms with Crippen molar-refractivity contribution in [2.24, 2.45) is 5.92 Å². The fourth-order valence-corrected chi connectivity index (χ4v) is 5.76. The second-order valence-corrected chi connectivity index (χ2v) is 9.12. The number of hydrogen-bond donors (Lipinski definition) is 0. The Balaban J connectivity index is 1.95. The van der Waals surface area contributed by atoms with Crippen molar-refractivity contribution in [3.8, 4) is 11.5 Å². The summed E-state index contributed by atoms with van der Waals surface area (Å²) in [5.41, 5.74) is 2.86. The van der Waals surface area contributed by atoms with Crippen molar-refractivity contribution in [2.75, 3.05) is 38.1 Å². The molecule has 1 heterocycles. The van der Waals surface area contributed by atoms with E-state index in [1.807, 2.05) is 11.8 Å². The first-order valence-electron chi connectivity index (χ1n) is 10.5. The average molecular weight is 413 g/mol. The molecular weight excluding hydrogens is 380 g/mol. The normalized spacial score (nSPS) is 24.2. The topological polar surface area (TPSA) is 27.7 Å². The van der Waals surface area contributed by atoms with Crippen LogP contribution in [0.2, 0.25) is 0 Å². The van der Waals surface area contributed by atoms with Crippen LogP contribution < -0.4 is 9.47 Å². The van der Waals surface area contributed by atoms with Crippen molar-refractivity contribution in [3.05, 3.63) is 23.3 Å². The predicted molar refractivity (Wildman–Crippen MR) is 115 cm³/mol. The first-order chi connectivity index (χ1) is 13.3. The maximum atomic E-state index is 6.09. The molecule has 0 saturated heterocycles. The third kappa shape index (κ3) is 5.27. The van der Waals surface area contributed by atoms with Gasteiger partial charge in [0.15, 0.2) is 11.5 Å². The maximum absolute atomic E-state index is 6.09. The van der Waals surface area contributed by atoms with Gasteiger partial charge in [0.05, 0.1) is 31.7 Å². The van der Waals surface area contributed by atoms with Crippen LogP contribution in [0, 0.1) is 5.92 Å². The Labute approximate surface area is 173 Å². The van der Waals surface area contributed by atoms with E-state index in [1.165, 1.54) is 36.1 Å². The minimum absolute atomic E-state index is 0.345. The monoisotopic (exact) mass is 412 g/mol. The summed E-state index contributed by atoms with van der Waals surface area (Å²) in [5, 5.41) is 0.345. The smallest absolute Gasteiger partial charge is 0.161 e. The van der Waals surface area contributed by atoms with Crippen molar-refractivity contribution in [1.29, 1.82) is 0 Å². The summed E-state index contributed by atoms with van der Waals surface area (Å²) in [5.74, 6) is 4.99. The number of hydrogen-bond acceptors (Lipinski definition) is 4. The molecule has 1 aliphatic carbocycles. The molecule has 1 aromatic rings. The molecule has 1 aromatic carbocycles. The first kappa shape index (κ1) is 21.1. The largest absolute Gasteiger partial charge is 0.490 e. The molecule has 0 aromatic heterocycles. The number of benzene rings is 1. The molecule has 3 nitrogen and oxygen atoms in total. The molecule has 0 amide bonds. The standard InChI is InChI=1S/C22H33ClO3S/c1-3-9-25-20-12-18-17-7-5-6-16(17)15-27-22(14-24-11-8-23)19(18)13-21(20)26-10-4-2/h12-13,16-17,22H,3-11,14-15H2,1-2H3. The van der Waals surface area contributed by atoms with Gasteiger partial charge in [0.1, 0.15) is 0 Å². The van der Waals surface area contributed by atoms with Gasteiger partial charge < -0.3 is 14.2 Å². The molecule has 3 rings (SSSR count). The Bertz CT molecular complexity index is 595. The molecular formula is C22H33ClO3S. The lowest BCUT2D eigenvalue weighted by Crippen LogP contribution is -2.11. The molecule has 152 valence electrons. The summed E-state index contributed by atoms with van der Waals surface area (Å²) in [6, 6.07) is 4.54. The van der Waals surface area contributed by atoms with Gasteiger partial charge in [-0.05, 0) is 66.5 Å². The quantitative estimate of drug-likeness (QED) is 0.338. The van der Waals surface area contributed by atoms with Crippen LogP contribution in [0.4, 0.5) is 0 Å². The molecule has 2 aliphatic rings. The van der Waals surface area contributed by atoms with Crippen LogP contribution in [-0.2, 0) is 4.74 Å². The summed E-state index contributed by atoms with van der Waals surface area (Å²) in [4.78, 5) is 0. The fourth-order valence-electron chi connectivity index (χ4n) is 4.20. The molecule has 5 heteroatoms. The molecule has 27 heavy (non-hydrogen) atoms. The Morgan fingerprint density at radius 3 is 2.37 bits per heavy atom. The molecule has 3 atom stereocenters. The van der Waals surface area contributed by atoms with Gasteiger partial charge in [-0.15, -0.1) is 11.6 Å². The molecule has 0 bridgehead atoms. The van der Waals surface area contributed by atoms with Crippen molar-refractivity contribution >= 4 is 23.4 Å². The number of thioether (sulfide) groups is 1. The van der Waals surface area contributed by atoms with Gasteiger partial charge in [-0.25, -0.2) is 0 Å². The van der Waals surface area contributed by atoms with Gasteiger partial charge in [0, 0.05) is 5.88 Å². The van der Waals surface area contributed by atoms with E-state index in [2.05, 4.69) is 26.0 Å². The van der Waals surface area contributed by atoms with E-state index in [4.69, 9.17) is 25.8 Å². The van der Waals surface area contributed by atoms with Crippen LogP contribution in [-0.4, -0.2) is 38.1 Å². The van der Waals surface area contributed by atoms with Crippen LogP contribution in [0.25, 0.3) is 0 Å². The Kier molecular flexibility index (Phi) is 8.47. The Hall–Kier alpha value is -0.580. The van der Waals surface area contributed by atoms with Crippen molar-refractivity contribution in [2.45, 2.75) is 57.1 Å². The number of alkyl halides is 1. The van der Waals surface area contributed by atoms with Crippen LogP contribution in [0.15, 0.2) is 12.1 Å². The predicted octanol–water partition coefficient (Wildman–Crippen LogP) is 6.19. The van der Waals surface area contributed by atoms with Gasteiger partial charge >= 0.3 is 0 Å². The van der Waals surface area contributed by atoms with E-state index in [-0.39, 0.29) is 0 Å². The third-order valence-corrected chi connectivity index (χ3v) is 7.05. The summed E-state index contributed by atoms with van der Waals surface area (Å²) >= 11 is 7.86. The van der Waals surface area contributed by atoms with Gasteiger partial charge in [-0.2, -0.15) is 11.8 Å². The highest BCUT2D eigenvalue weighted by atomic mass is 35.5. The lowest BCUT2D eigenvalue weighted by Gasteiger charge is -2.23. The van der Waals surface area contributed by atoms with Crippen LogP contribution >= 0.6 is 23.4 Å². The lowest BCUT2D eigenvalue weighted by molar-refractivity contribution is 0.150.